The van der Waals surface area contributed by atoms with Crippen molar-refractivity contribution in [3.05, 3.63) is 0 Å². The van der Waals surface area contributed by atoms with Crippen molar-refractivity contribution in [3.8, 4) is 0 Å². The predicted octanol–water partition coefficient (Wildman–Crippen LogP) is 4.15. The summed E-state index contributed by atoms with van der Waals surface area (Å²) >= 11 is 0. The van der Waals surface area contributed by atoms with E-state index in [1.807, 2.05) is 20.8 Å². The van der Waals surface area contributed by atoms with E-state index in [4.69, 9.17) is 4.74 Å². The highest BCUT2D eigenvalue weighted by molar-refractivity contribution is 5.67. The van der Waals surface area contributed by atoms with Gasteiger partial charge >= 0.3 is 6.09 Å². The highest BCUT2D eigenvalue weighted by Gasteiger charge is 2.54. The lowest BCUT2D eigenvalue weighted by atomic mass is 9.52. The monoisotopic (exact) mass is 322 g/mol. The first-order chi connectivity index (χ1) is 10.7. The molecule has 0 aromatic carbocycles. The van der Waals surface area contributed by atoms with Crippen molar-refractivity contribution in [1.82, 2.24) is 10.2 Å². The lowest BCUT2D eigenvalue weighted by molar-refractivity contribution is -0.104. The van der Waals surface area contributed by atoms with E-state index in [1.165, 1.54) is 38.5 Å². The highest BCUT2D eigenvalue weighted by atomic mass is 16.6. The minimum Gasteiger partial charge on any atom is -0.444 e. The molecule has 132 valence electrons. The lowest BCUT2D eigenvalue weighted by Crippen LogP contribution is -2.64. The van der Waals surface area contributed by atoms with Gasteiger partial charge in [0.1, 0.15) is 5.60 Å². The molecule has 4 bridgehead atoms. The van der Waals surface area contributed by atoms with Gasteiger partial charge in [0.05, 0.1) is 6.17 Å². The summed E-state index contributed by atoms with van der Waals surface area (Å²) in [4.78, 5) is 14.7. The SMILES string of the molecule is CCN(C(C)NC(=O)OC(C)(C)C)C12CC3CC(CC(C3)C1)C2. The van der Waals surface area contributed by atoms with Crippen LogP contribution in [0.1, 0.15) is 73.1 Å². The second kappa shape index (κ2) is 5.94. The molecule has 4 nitrogen and oxygen atoms in total. The van der Waals surface area contributed by atoms with E-state index in [9.17, 15) is 4.79 Å². The average molecular weight is 322 g/mol. The van der Waals surface area contributed by atoms with Crippen molar-refractivity contribution < 1.29 is 9.53 Å². The molecule has 0 radical (unpaired) electrons. The normalized spacial score (nSPS) is 37.0. The second-order valence-corrected chi connectivity index (χ2v) is 9.25. The Morgan fingerprint density at radius 1 is 1.17 bits per heavy atom. The van der Waals surface area contributed by atoms with Gasteiger partial charge in [0, 0.05) is 5.54 Å². The number of hydrogen-bond donors (Lipinski definition) is 1. The van der Waals surface area contributed by atoms with Crippen molar-refractivity contribution >= 4 is 6.09 Å². The molecule has 0 heterocycles. The van der Waals surface area contributed by atoms with E-state index in [2.05, 4.69) is 24.1 Å². The molecule has 4 aliphatic rings. The smallest absolute Gasteiger partial charge is 0.408 e. The van der Waals surface area contributed by atoms with Crippen LogP contribution in [0.15, 0.2) is 0 Å². The van der Waals surface area contributed by atoms with E-state index in [0.29, 0.717) is 5.54 Å². The van der Waals surface area contributed by atoms with Gasteiger partial charge in [0.15, 0.2) is 0 Å². The lowest BCUT2D eigenvalue weighted by Gasteiger charge is -2.61. The molecule has 0 spiro atoms. The van der Waals surface area contributed by atoms with Crippen LogP contribution in [-0.4, -0.2) is 34.8 Å². The molecule has 1 N–H and O–H groups in total. The molecule has 4 rings (SSSR count). The fraction of sp³-hybridized carbons (Fsp3) is 0.947. The van der Waals surface area contributed by atoms with Crippen LogP contribution in [0.25, 0.3) is 0 Å². The van der Waals surface area contributed by atoms with Crippen LogP contribution in [0.3, 0.4) is 0 Å². The van der Waals surface area contributed by atoms with Crippen LogP contribution in [0, 0.1) is 17.8 Å². The standard InChI is InChI=1S/C19H34N2O2/c1-6-21(13(2)20-17(22)23-18(3,4)5)19-10-14-7-15(11-19)9-16(8-14)12-19/h13-16H,6-12H2,1-5H3,(H,20,22). The summed E-state index contributed by atoms with van der Waals surface area (Å²) in [5.74, 6) is 2.76. The van der Waals surface area contributed by atoms with Crippen LogP contribution in [-0.2, 0) is 4.74 Å². The van der Waals surface area contributed by atoms with Gasteiger partial charge in [-0.25, -0.2) is 4.79 Å². The molecule has 0 saturated heterocycles. The van der Waals surface area contributed by atoms with Crippen molar-refractivity contribution in [3.63, 3.8) is 0 Å². The fourth-order valence-corrected chi connectivity index (χ4v) is 5.99. The summed E-state index contributed by atoms with van der Waals surface area (Å²) in [6, 6.07) is 0. The first-order valence-electron chi connectivity index (χ1n) is 9.47. The quantitative estimate of drug-likeness (QED) is 0.791. The number of alkyl carbamates (subject to hydrolysis) is 1. The third-order valence-electron chi connectivity index (χ3n) is 6.15. The Bertz CT molecular complexity index is 419. The molecule has 1 amide bonds. The summed E-state index contributed by atoms with van der Waals surface area (Å²) in [5, 5.41) is 3.08. The van der Waals surface area contributed by atoms with Crippen molar-refractivity contribution in [2.45, 2.75) is 90.4 Å². The summed E-state index contributed by atoms with van der Waals surface area (Å²) in [5.41, 5.74) is -0.126. The molecule has 4 fully saturated rings. The maximum absolute atomic E-state index is 12.2. The van der Waals surface area contributed by atoms with E-state index < -0.39 is 5.60 Å². The molecule has 1 atom stereocenters. The van der Waals surface area contributed by atoms with Gasteiger partial charge in [-0.3, -0.25) is 4.90 Å². The molecule has 23 heavy (non-hydrogen) atoms. The van der Waals surface area contributed by atoms with Gasteiger partial charge in [0.25, 0.3) is 0 Å². The second-order valence-electron chi connectivity index (χ2n) is 9.25. The Kier molecular flexibility index (Phi) is 4.41. The zero-order chi connectivity index (χ0) is 16.8. The number of amides is 1. The van der Waals surface area contributed by atoms with Crippen molar-refractivity contribution in [2.24, 2.45) is 17.8 Å². The molecule has 0 aromatic heterocycles. The zero-order valence-electron chi connectivity index (χ0n) is 15.5. The highest BCUT2D eigenvalue weighted by Crippen LogP contribution is 2.58. The van der Waals surface area contributed by atoms with Crippen molar-refractivity contribution in [2.75, 3.05) is 6.54 Å². The number of carbonyl (C=O) groups excluding carboxylic acids is 1. The molecule has 0 aliphatic heterocycles. The van der Waals surface area contributed by atoms with Gasteiger partial charge in [0.2, 0.25) is 0 Å². The first kappa shape index (κ1) is 17.1. The summed E-state index contributed by atoms with van der Waals surface area (Å²) < 4.78 is 5.45. The maximum Gasteiger partial charge on any atom is 0.408 e. The van der Waals surface area contributed by atoms with Gasteiger partial charge in [-0.1, -0.05) is 6.92 Å². The molecular formula is C19H34N2O2. The predicted molar refractivity (Wildman–Crippen MR) is 92.1 cm³/mol. The number of rotatable bonds is 4. The van der Waals surface area contributed by atoms with Gasteiger partial charge in [-0.15, -0.1) is 0 Å². The largest absolute Gasteiger partial charge is 0.444 e. The molecule has 1 unspecified atom stereocenters. The summed E-state index contributed by atoms with van der Waals surface area (Å²) in [6.07, 6.45) is 8.06. The molecule has 0 aromatic rings. The van der Waals surface area contributed by atoms with E-state index in [0.717, 1.165) is 24.3 Å². The number of hydrogen-bond acceptors (Lipinski definition) is 3. The van der Waals surface area contributed by atoms with Crippen LogP contribution in [0.2, 0.25) is 0 Å². The Morgan fingerprint density at radius 3 is 2.04 bits per heavy atom. The fourth-order valence-electron chi connectivity index (χ4n) is 5.99. The minimum absolute atomic E-state index is 0.0334. The third-order valence-corrected chi connectivity index (χ3v) is 6.15. The van der Waals surface area contributed by atoms with Crippen LogP contribution in [0.4, 0.5) is 4.79 Å². The molecule has 4 saturated carbocycles. The summed E-state index contributed by atoms with van der Waals surface area (Å²) in [7, 11) is 0. The Balaban J connectivity index is 1.68. The summed E-state index contributed by atoms with van der Waals surface area (Å²) in [6.45, 7) is 11.1. The molecule has 4 aliphatic carbocycles. The van der Waals surface area contributed by atoms with Crippen LogP contribution in [0.5, 0.6) is 0 Å². The Morgan fingerprint density at radius 2 is 1.65 bits per heavy atom. The van der Waals surface area contributed by atoms with Gasteiger partial charge in [-0.05, 0) is 90.5 Å². The van der Waals surface area contributed by atoms with Crippen LogP contribution >= 0.6 is 0 Å². The number of ether oxygens (including phenoxy) is 1. The maximum atomic E-state index is 12.2. The first-order valence-corrected chi connectivity index (χ1v) is 9.47. The molecular weight excluding hydrogens is 288 g/mol. The van der Waals surface area contributed by atoms with E-state index in [1.54, 1.807) is 0 Å². The zero-order valence-corrected chi connectivity index (χ0v) is 15.5. The van der Waals surface area contributed by atoms with E-state index >= 15 is 0 Å². The number of nitrogens with zero attached hydrogens (tertiary/aromatic N) is 1. The Hall–Kier alpha value is -0.770. The Labute approximate surface area is 141 Å². The topological polar surface area (TPSA) is 41.6 Å². The van der Waals surface area contributed by atoms with Crippen LogP contribution < -0.4 is 5.32 Å². The van der Waals surface area contributed by atoms with Gasteiger partial charge < -0.3 is 10.1 Å². The third kappa shape index (κ3) is 3.52. The number of carbonyl (C=O) groups is 1. The van der Waals surface area contributed by atoms with Crippen molar-refractivity contribution in [1.29, 1.82) is 0 Å². The van der Waals surface area contributed by atoms with Gasteiger partial charge in [-0.2, -0.15) is 0 Å². The minimum atomic E-state index is -0.443. The molecule has 4 heteroatoms. The average Bonchev–Trinajstić information content (AvgIpc) is 2.34. The van der Waals surface area contributed by atoms with E-state index in [-0.39, 0.29) is 12.3 Å². The number of nitrogens with one attached hydrogen (secondary N) is 1.